The summed E-state index contributed by atoms with van der Waals surface area (Å²) in [7, 11) is -3.11. The Bertz CT molecular complexity index is 384. The Hall–Kier alpha value is 0.120. The third-order valence-corrected chi connectivity index (χ3v) is 6.51. The standard InChI is InChI=1S/C12H22N2O3S.ClH/c15-18(16,9-10-4-6-17-8-10)14-11-1-2-12(14)7-13-5-3-11;/h10-13H,1-9H2;1H. The quantitative estimate of drug-likeness (QED) is 0.829. The first-order chi connectivity index (χ1) is 8.67. The van der Waals surface area contributed by atoms with Gasteiger partial charge in [-0.3, -0.25) is 0 Å². The Morgan fingerprint density at radius 3 is 2.68 bits per heavy atom. The predicted molar refractivity (Wildman–Crippen MR) is 76.1 cm³/mol. The summed E-state index contributed by atoms with van der Waals surface area (Å²) >= 11 is 0. The molecule has 3 heterocycles. The monoisotopic (exact) mass is 310 g/mol. The minimum atomic E-state index is -3.11. The Morgan fingerprint density at radius 2 is 1.95 bits per heavy atom. The molecule has 3 aliphatic rings. The molecule has 112 valence electrons. The van der Waals surface area contributed by atoms with Gasteiger partial charge in [-0.1, -0.05) is 0 Å². The number of sulfonamides is 1. The third-order valence-electron chi connectivity index (χ3n) is 4.38. The highest BCUT2D eigenvalue weighted by atomic mass is 35.5. The molecule has 19 heavy (non-hydrogen) atoms. The van der Waals surface area contributed by atoms with Crippen molar-refractivity contribution in [3.63, 3.8) is 0 Å². The van der Waals surface area contributed by atoms with Crippen LogP contribution in [0.15, 0.2) is 0 Å². The van der Waals surface area contributed by atoms with Gasteiger partial charge in [-0.15, -0.1) is 12.4 Å². The van der Waals surface area contributed by atoms with E-state index in [9.17, 15) is 8.42 Å². The Balaban J connectivity index is 0.00000133. The van der Waals surface area contributed by atoms with Crippen LogP contribution in [0.25, 0.3) is 0 Å². The van der Waals surface area contributed by atoms with Crippen molar-refractivity contribution < 1.29 is 13.2 Å². The van der Waals surface area contributed by atoms with Gasteiger partial charge in [0.2, 0.25) is 10.0 Å². The molecule has 3 aliphatic heterocycles. The van der Waals surface area contributed by atoms with Crippen LogP contribution >= 0.6 is 12.4 Å². The molecule has 3 saturated heterocycles. The number of rotatable bonds is 3. The van der Waals surface area contributed by atoms with Crippen LogP contribution in [0.3, 0.4) is 0 Å². The van der Waals surface area contributed by atoms with Crippen molar-refractivity contribution in [1.82, 2.24) is 9.62 Å². The highest BCUT2D eigenvalue weighted by molar-refractivity contribution is 7.89. The normalized spacial score (nSPS) is 35.9. The summed E-state index contributed by atoms with van der Waals surface area (Å²) in [6, 6.07) is 0.419. The van der Waals surface area contributed by atoms with Crippen LogP contribution < -0.4 is 5.32 Å². The van der Waals surface area contributed by atoms with Gasteiger partial charge in [0.1, 0.15) is 0 Å². The predicted octanol–water partition coefficient (Wildman–Crippen LogP) is 0.601. The lowest BCUT2D eigenvalue weighted by Gasteiger charge is -2.27. The van der Waals surface area contributed by atoms with E-state index >= 15 is 0 Å². The summed E-state index contributed by atoms with van der Waals surface area (Å²) in [6.45, 7) is 3.09. The van der Waals surface area contributed by atoms with E-state index in [1.54, 1.807) is 0 Å². The summed E-state index contributed by atoms with van der Waals surface area (Å²) in [4.78, 5) is 0. The maximum Gasteiger partial charge on any atom is 0.215 e. The van der Waals surface area contributed by atoms with E-state index in [2.05, 4.69) is 5.32 Å². The van der Waals surface area contributed by atoms with Gasteiger partial charge in [0.15, 0.2) is 0 Å². The van der Waals surface area contributed by atoms with E-state index in [1.165, 1.54) is 0 Å². The number of ether oxygens (including phenoxy) is 1. The molecule has 3 unspecified atom stereocenters. The number of nitrogens with zero attached hydrogens (tertiary/aromatic N) is 1. The van der Waals surface area contributed by atoms with E-state index in [4.69, 9.17) is 4.74 Å². The van der Waals surface area contributed by atoms with Gasteiger partial charge in [-0.05, 0) is 38.1 Å². The molecule has 0 aromatic carbocycles. The molecule has 0 radical (unpaired) electrons. The largest absolute Gasteiger partial charge is 0.381 e. The molecule has 3 atom stereocenters. The van der Waals surface area contributed by atoms with Crippen LogP contribution in [0, 0.1) is 5.92 Å². The summed E-state index contributed by atoms with van der Waals surface area (Å²) in [5.74, 6) is 0.477. The smallest absolute Gasteiger partial charge is 0.215 e. The highest BCUT2D eigenvalue weighted by Gasteiger charge is 2.43. The molecule has 0 spiro atoms. The first kappa shape index (κ1) is 15.5. The second-order valence-electron chi connectivity index (χ2n) is 5.72. The number of hydrogen-bond acceptors (Lipinski definition) is 4. The molecule has 3 fully saturated rings. The SMILES string of the molecule is Cl.O=S(=O)(CC1CCOC1)N1C2CCNCC1CC2. The van der Waals surface area contributed by atoms with Crippen LogP contribution in [0.2, 0.25) is 0 Å². The Morgan fingerprint density at radius 1 is 1.16 bits per heavy atom. The lowest BCUT2D eigenvalue weighted by atomic mass is 10.1. The van der Waals surface area contributed by atoms with Gasteiger partial charge in [-0.25, -0.2) is 8.42 Å². The molecule has 0 saturated carbocycles. The fourth-order valence-electron chi connectivity index (χ4n) is 3.49. The zero-order valence-corrected chi connectivity index (χ0v) is 12.7. The second-order valence-corrected chi connectivity index (χ2v) is 7.63. The first-order valence-electron chi connectivity index (χ1n) is 6.96. The van der Waals surface area contributed by atoms with Gasteiger partial charge in [0.25, 0.3) is 0 Å². The van der Waals surface area contributed by atoms with Gasteiger partial charge >= 0.3 is 0 Å². The van der Waals surface area contributed by atoms with Crippen molar-refractivity contribution in [2.45, 2.75) is 37.8 Å². The van der Waals surface area contributed by atoms with E-state index < -0.39 is 10.0 Å². The average Bonchev–Trinajstić information content (AvgIpc) is 2.85. The molecule has 2 bridgehead atoms. The minimum absolute atomic E-state index is 0. The number of nitrogens with one attached hydrogen (secondary N) is 1. The molecule has 1 N–H and O–H groups in total. The van der Waals surface area contributed by atoms with Crippen molar-refractivity contribution >= 4 is 22.4 Å². The molecule has 0 aliphatic carbocycles. The van der Waals surface area contributed by atoms with Gasteiger partial charge < -0.3 is 10.1 Å². The molecule has 5 nitrogen and oxygen atoms in total. The lowest BCUT2D eigenvalue weighted by Crippen LogP contribution is -2.44. The van der Waals surface area contributed by atoms with Crippen LogP contribution in [0.5, 0.6) is 0 Å². The molecule has 0 amide bonds. The summed E-state index contributed by atoms with van der Waals surface area (Å²) in [5, 5.41) is 3.34. The minimum Gasteiger partial charge on any atom is -0.381 e. The molecular formula is C12H23ClN2O3S. The topological polar surface area (TPSA) is 58.6 Å². The van der Waals surface area contributed by atoms with Crippen molar-refractivity contribution in [3.05, 3.63) is 0 Å². The average molecular weight is 311 g/mol. The van der Waals surface area contributed by atoms with Crippen LogP contribution in [-0.4, -0.2) is 56.9 Å². The lowest BCUT2D eigenvalue weighted by molar-refractivity contribution is 0.188. The number of halogens is 1. The van der Waals surface area contributed by atoms with Crippen molar-refractivity contribution in [2.24, 2.45) is 5.92 Å². The van der Waals surface area contributed by atoms with Gasteiger partial charge in [0.05, 0.1) is 12.4 Å². The number of hydrogen-bond donors (Lipinski definition) is 1. The van der Waals surface area contributed by atoms with E-state index in [1.807, 2.05) is 4.31 Å². The number of fused-ring (bicyclic) bond motifs is 2. The maximum absolute atomic E-state index is 12.6. The zero-order valence-electron chi connectivity index (χ0n) is 11.1. The van der Waals surface area contributed by atoms with E-state index in [0.29, 0.717) is 13.2 Å². The Kier molecular flexibility index (Phi) is 5.11. The third kappa shape index (κ3) is 3.24. The van der Waals surface area contributed by atoms with Gasteiger partial charge in [0, 0.05) is 25.2 Å². The van der Waals surface area contributed by atoms with Crippen LogP contribution in [-0.2, 0) is 14.8 Å². The molecule has 3 rings (SSSR count). The van der Waals surface area contributed by atoms with Crippen LogP contribution in [0.4, 0.5) is 0 Å². The van der Waals surface area contributed by atoms with Crippen molar-refractivity contribution in [3.8, 4) is 0 Å². The second kappa shape index (κ2) is 6.26. The summed E-state index contributed by atoms with van der Waals surface area (Å²) in [5.41, 5.74) is 0. The fourth-order valence-corrected chi connectivity index (χ4v) is 5.82. The molecule has 7 heteroatoms. The maximum atomic E-state index is 12.6. The van der Waals surface area contributed by atoms with E-state index in [0.717, 1.165) is 38.8 Å². The molecular weight excluding hydrogens is 288 g/mol. The first-order valence-corrected chi connectivity index (χ1v) is 8.57. The highest BCUT2D eigenvalue weighted by Crippen LogP contribution is 2.32. The van der Waals surface area contributed by atoms with E-state index in [-0.39, 0.29) is 36.2 Å². The Labute approximate surface area is 121 Å². The fraction of sp³-hybridized carbons (Fsp3) is 1.00. The summed E-state index contributed by atoms with van der Waals surface area (Å²) < 4.78 is 32.3. The molecule has 0 aromatic rings. The zero-order chi connectivity index (χ0) is 12.6. The molecule has 0 aromatic heterocycles. The van der Waals surface area contributed by atoms with Crippen molar-refractivity contribution in [2.75, 3.05) is 32.1 Å². The van der Waals surface area contributed by atoms with Gasteiger partial charge in [-0.2, -0.15) is 4.31 Å². The van der Waals surface area contributed by atoms with Crippen molar-refractivity contribution in [1.29, 1.82) is 0 Å². The van der Waals surface area contributed by atoms with Crippen LogP contribution in [0.1, 0.15) is 25.7 Å². The summed E-state index contributed by atoms with van der Waals surface area (Å²) in [6.07, 6.45) is 3.89.